The largest absolute Gasteiger partial charge is 0.463 e. The van der Waals surface area contributed by atoms with Crippen LogP contribution in [0, 0.1) is 13.8 Å². The molecule has 0 spiro atoms. The van der Waals surface area contributed by atoms with Crippen LogP contribution in [0.3, 0.4) is 0 Å². The van der Waals surface area contributed by atoms with Crippen molar-refractivity contribution in [2.45, 2.75) is 20.8 Å². The van der Waals surface area contributed by atoms with Crippen LogP contribution in [-0.4, -0.2) is 25.0 Å². The number of anilines is 2. The standard InChI is InChI=1S/C21H24N2O3/c1-4-26-21(25)13-10-17-8-11-18(12-9-17)22-14-20(24)23-19-7-5-6-15(2)16(19)3/h5-13,22H,4,14H2,1-3H3,(H,23,24)/b13-10+. The molecule has 2 aromatic rings. The number of aryl methyl sites for hydroxylation is 1. The number of benzene rings is 2. The van der Waals surface area contributed by atoms with Gasteiger partial charge in [-0.1, -0.05) is 24.3 Å². The zero-order valence-corrected chi connectivity index (χ0v) is 15.3. The Morgan fingerprint density at radius 1 is 1.08 bits per heavy atom. The molecule has 0 aromatic heterocycles. The summed E-state index contributed by atoms with van der Waals surface area (Å²) in [6.45, 7) is 6.30. The molecule has 26 heavy (non-hydrogen) atoms. The molecule has 0 bridgehead atoms. The van der Waals surface area contributed by atoms with Crippen molar-refractivity contribution < 1.29 is 14.3 Å². The fourth-order valence-corrected chi connectivity index (χ4v) is 2.33. The lowest BCUT2D eigenvalue weighted by atomic mass is 10.1. The molecular weight excluding hydrogens is 328 g/mol. The first kappa shape index (κ1) is 19.2. The number of carbonyl (C=O) groups is 2. The van der Waals surface area contributed by atoms with Crippen molar-refractivity contribution in [3.05, 3.63) is 65.2 Å². The summed E-state index contributed by atoms with van der Waals surface area (Å²) >= 11 is 0. The zero-order valence-electron chi connectivity index (χ0n) is 15.3. The molecular formula is C21H24N2O3. The van der Waals surface area contributed by atoms with Gasteiger partial charge in [0.15, 0.2) is 0 Å². The van der Waals surface area contributed by atoms with Crippen LogP contribution in [0.1, 0.15) is 23.6 Å². The van der Waals surface area contributed by atoms with Gasteiger partial charge < -0.3 is 15.4 Å². The fourth-order valence-electron chi connectivity index (χ4n) is 2.33. The lowest BCUT2D eigenvalue weighted by molar-refractivity contribution is -0.137. The minimum absolute atomic E-state index is 0.106. The first-order chi connectivity index (χ1) is 12.5. The molecule has 1 amide bonds. The van der Waals surface area contributed by atoms with Crippen molar-refractivity contribution in [1.29, 1.82) is 0 Å². The monoisotopic (exact) mass is 352 g/mol. The van der Waals surface area contributed by atoms with E-state index in [0.29, 0.717) is 6.61 Å². The number of hydrogen-bond donors (Lipinski definition) is 2. The highest BCUT2D eigenvalue weighted by molar-refractivity contribution is 5.94. The normalized spacial score (nSPS) is 10.6. The highest BCUT2D eigenvalue weighted by atomic mass is 16.5. The summed E-state index contributed by atoms with van der Waals surface area (Å²) in [6, 6.07) is 13.3. The number of hydrogen-bond acceptors (Lipinski definition) is 4. The lowest BCUT2D eigenvalue weighted by Gasteiger charge is -2.11. The topological polar surface area (TPSA) is 67.4 Å². The fraction of sp³-hybridized carbons (Fsp3) is 0.238. The van der Waals surface area contributed by atoms with Gasteiger partial charge in [-0.3, -0.25) is 4.79 Å². The average Bonchev–Trinajstić information content (AvgIpc) is 2.63. The van der Waals surface area contributed by atoms with Gasteiger partial charge in [-0.25, -0.2) is 4.79 Å². The second-order valence-electron chi connectivity index (χ2n) is 5.86. The molecule has 0 saturated carbocycles. The molecule has 0 heterocycles. The van der Waals surface area contributed by atoms with Crippen LogP contribution in [0.25, 0.3) is 6.08 Å². The molecule has 136 valence electrons. The SMILES string of the molecule is CCOC(=O)/C=C/c1ccc(NCC(=O)Nc2cccc(C)c2C)cc1. The van der Waals surface area contributed by atoms with Crippen LogP contribution in [-0.2, 0) is 14.3 Å². The first-order valence-corrected chi connectivity index (χ1v) is 8.54. The number of rotatable bonds is 7. The van der Waals surface area contributed by atoms with Gasteiger partial charge in [0.05, 0.1) is 13.2 Å². The molecule has 0 atom stereocenters. The molecule has 0 fully saturated rings. The van der Waals surface area contributed by atoms with Crippen LogP contribution >= 0.6 is 0 Å². The maximum absolute atomic E-state index is 12.1. The minimum Gasteiger partial charge on any atom is -0.463 e. The maximum atomic E-state index is 12.1. The van der Waals surface area contributed by atoms with E-state index in [2.05, 4.69) is 10.6 Å². The van der Waals surface area contributed by atoms with E-state index in [0.717, 1.165) is 28.1 Å². The molecule has 0 aliphatic carbocycles. The summed E-state index contributed by atoms with van der Waals surface area (Å²) in [4.78, 5) is 23.4. The molecule has 0 aliphatic rings. The molecule has 0 unspecified atom stereocenters. The molecule has 2 aromatic carbocycles. The van der Waals surface area contributed by atoms with E-state index in [1.54, 1.807) is 13.0 Å². The van der Waals surface area contributed by atoms with E-state index in [-0.39, 0.29) is 18.4 Å². The molecule has 5 heteroatoms. The Labute approximate surface area is 154 Å². The summed E-state index contributed by atoms with van der Waals surface area (Å²) in [5.74, 6) is -0.470. The zero-order chi connectivity index (χ0) is 18.9. The van der Waals surface area contributed by atoms with Crippen LogP contribution in [0.15, 0.2) is 48.5 Å². The third-order valence-electron chi connectivity index (χ3n) is 3.94. The second kappa shape index (κ2) is 9.42. The summed E-state index contributed by atoms with van der Waals surface area (Å²) in [5, 5.41) is 6.00. The van der Waals surface area contributed by atoms with Crippen molar-refractivity contribution in [3.8, 4) is 0 Å². The number of ether oxygens (including phenoxy) is 1. The summed E-state index contributed by atoms with van der Waals surface area (Å²) in [7, 11) is 0. The summed E-state index contributed by atoms with van der Waals surface area (Å²) < 4.78 is 4.83. The Kier molecular flexibility index (Phi) is 6.97. The van der Waals surface area contributed by atoms with Gasteiger partial charge in [0.2, 0.25) is 5.91 Å². The first-order valence-electron chi connectivity index (χ1n) is 8.54. The van der Waals surface area contributed by atoms with Gasteiger partial charge in [0, 0.05) is 17.5 Å². The number of carbonyl (C=O) groups excluding carboxylic acids is 2. The third kappa shape index (κ3) is 5.77. The number of amides is 1. The van der Waals surface area contributed by atoms with Gasteiger partial charge in [-0.15, -0.1) is 0 Å². The summed E-state index contributed by atoms with van der Waals surface area (Å²) in [6.07, 6.45) is 3.08. The molecule has 0 radical (unpaired) electrons. The van der Waals surface area contributed by atoms with Gasteiger partial charge in [-0.05, 0) is 61.7 Å². The van der Waals surface area contributed by atoms with Crippen molar-refractivity contribution in [2.75, 3.05) is 23.8 Å². The van der Waals surface area contributed by atoms with Crippen LogP contribution in [0.2, 0.25) is 0 Å². The number of nitrogens with one attached hydrogen (secondary N) is 2. The molecule has 0 saturated heterocycles. The van der Waals surface area contributed by atoms with Crippen molar-refractivity contribution in [2.24, 2.45) is 0 Å². The molecule has 5 nitrogen and oxygen atoms in total. The van der Waals surface area contributed by atoms with Crippen LogP contribution in [0.5, 0.6) is 0 Å². The van der Waals surface area contributed by atoms with E-state index >= 15 is 0 Å². The smallest absolute Gasteiger partial charge is 0.330 e. The number of esters is 1. The van der Waals surface area contributed by atoms with Gasteiger partial charge in [0.25, 0.3) is 0 Å². The van der Waals surface area contributed by atoms with E-state index < -0.39 is 0 Å². The second-order valence-corrected chi connectivity index (χ2v) is 5.86. The van der Waals surface area contributed by atoms with E-state index in [4.69, 9.17) is 4.74 Å². The minimum atomic E-state index is -0.363. The highest BCUT2D eigenvalue weighted by Crippen LogP contribution is 2.18. The summed E-state index contributed by atoms with van der Waals surface area (Å²) in [5.41, 5.74) is 4.75. The Morgan fingerprint density at radius 2 is 1.81 bits per heavy atom. The average molecular weight is 352 g/mol. The Balaban J connectivity index is 1.86. The Hall–Kier alpha value is -3.08. The van der Waals surface area contributed by atoms with Crippen molar-refractivity contribution >= 4 is 29.3 Å². The predicted molar refractivity (Wildman–Crippen MR) is 105 cm³/mol. The molecule has 2 rings (SSSR count). The van der Waals surface area contributed by atoms with E-state index in [1.165, 1.54) is 6.08 Å². The van der Waals surface area contributed by atoms with Crippen molar-refractivity contribution in [3.63, 3.8) is 0 Å². The van der Waals surface area contributed by atoms with Crippen molar-refractivity contribution in [1.82, 2.24) is 0 Å². The van der Waals surface area contributed by atoms with Gasteiger partial charge in [0.1, 0.15) is 0 Å². The molecule has 2 N–H and O–H groups in total. The predicted octanol–water partition coefficient (Wildman–Crippen LogP) is 3.93. The van der Waals surface area contributed by atoms with Gasteiger partial charge in [-0.2, -0.15) is 0 Å². The highest BCUT2D eigenvalue weighted by Gasteiger charge is 2.06. The molecule has 0 aliphatic heterocycles. The third-order valence-corrected chi connectivity index (χ3v) is 3.94. The maximum Gasteiger partial charge on any atom is 0.330 e. The van der Waals surface area contributed by atoms with E-state index in [9.17, 15) is 9.59 Å². The quantitative estimate of drug-likeness (QED) is 0.585. The van der Waals surface area contributed by atoms with Crippen LogP contribution in [0.4, 0.5) is 11.4 Å². The Bertz CT molecular complexity index is 795. The Morgan fingerprint density at radius 3 is 2.50 bits per heavy atom. The van der Waals surface area contributed by atoms with E-state index in [1.807, 2.05) is 56.3 Å². The van der Waals surface area contributed by atoms with Crippen LogP contribution < -0.4 is 10.6 Å². The van der Waals surface area contributed by atoms with Gasteiger partial charge >= 0.3 is 5.97 Å². The lowest BCUT2D eigenvalue weighted by Crippen LogP contribution is -2.22.